The van der Waals surface area contributed by atoms with Gasteiger partial charge < -0.3 is 19.5 Å². The summed E-state index contributed by atoms with van der Waals surface area (Å²) >= 11 is 0. The number of nitrogens with one attached hydrogen (secondary N) is 1. The van der Waals surface area contributed by atoms with E-state index in [0.29, 0.717) is 17.6 Å². The van der Waals surface area contributed by atoms with Crippen LogP contribution in [0.25, 0.3) is 0 Å². The van der Waals surface area contributed by atoms with Gasteiger partial charge in [0.25, 0.3) is 0 Å². The molecule has 0 aromatic carbocycles. The van der Waals surface area contributed by atoms with Crippen LogP contribution >= 0.6 is 0 Å². The van der Waals surface area contributed by atoms with Crippen molar-refractivity contribution < 1.29 is 27.2 Å². The van der Waals surface area contributed by atoms with Gasteiger partial charge in [-0.2, -0.15) is 18.2 Å². The minimum absolute atomic E-state index is 0.00974. The number of alkyl halides is 3. The zero-order valence-corrected chi connectivity index (χ0v) is 12.5. The van der Waals surface area contributed by atoms with Crippen molar-refractivity contribution in [3.8, 4) is 0 Å². The van der Waals surface area contributed by atoms with Gasteiger partial charge in [-0.15, -0.1) is 0 Å². The topological polar surface area (TPSA) is 80.5 Å². The number of amides is 2. The van der Waals surface area contributed by atoms with Gasteiger partial charge in [0.15, 0.2) is 11.9 Å². The van der Waals surface area contributed by atoms with E-state index in [1.807, 2.05) is 0 Å². The summed E-state index contributed by atoms with van der Waals surface area (Å²) in [5, 5.41) is 6.27. The van der Waals surface area contributed by atoms with E-state index in [4.69, 9.17) is 9.26 Å². The Morgan fingerprint density at radius 3 is 2.83 bits per heavy atom. The summed E-state index contributed by atoms with van der Waals surface area (Å²) in [6.07, 6.45) is -4.46. The van der Waals surface area contributed by atoms with Crippen molar-refractivity contribution in [2.24, 2.45) is 0 Å². The van der Waals surface area contributed by atoms with E-state index in [1.165, 1.54) is 6.92 Å². The number of urea groups is 1. The second-order valence-corrected chi connectivity index (χ2v) is 5.75. The Morgan fingerprint density at radius 2 is 2.17 bits per heavy atom. The van der Waals surface area contributed by atoms with Crippen LogP contribution in [0.1, 0.15) is 37.4 Å². The van der Waals surface area contributed by atoms with E-state index in [2.05, 4.69) is 15.5 Å². The molecule has 2 atom stereocenters. The maximum Gasteiger partial charge on any atom is 0.416 e. The molecule has 1 saturated heterocycles. The first kappa shape index (κ1) is 16.0. The van der Waals surface area contributed by atoms with Gasteiger partial charge in [0, 0.05) is 12.5 Å². The van der Waals surface area contributed by atoms with E-state index in [9.17, 15) is 18.0 Å². The lowest BCUT2D eigenvalue weighted by Crippen LogP contribution is -2.59. The first-order valence-electron chi connectivity index (χ1n) is 7.41. The third kappa shape index (κ3) is 3.57. The molecule has 1 aliphatic carbocycles. The van der Waals surface area contributed by atoms with E-state index in [1.54, 1.807) is 0 Å². The lowest BCUT2D eigenvalue weighted by molar-refractivity contribution is -0.246. The van der Waals surface area contributed by atoms with Crippen molar-refractivity contribution in [3.05, 3.63) is 11.7 Å². The molecular formula is C13H17F3N4O3. The van der Waals surface area contributed by atoms with Gasteiger partial charge in [0.2, 0.25) is 5.89 Å². The highest BCUT2D eigenvalue weighted by Crippen LogP contribution is 2.38. The molecule has 1 N–H and O–H groups in total. The van der Waals surface area contributed by atoms with Crippen LogP contribution in [0.15, 0.2) is 4.52 Å². The third-order valence-electron chi connectivity index (χ3n) is 3.95. The summed E-state index contributed by atoms with van der Waals surface area (Å²) in [6.45, 7) is 1.27. The van der Waals surface area contributed by atoms with Crippen LogP contribution in [0.2, 0.25) is 0 Å². The molecule has 1 saturated carbocycles. The average molecular weight is 334 g/mol. The maximum absolute atomic E-state index is 12.8. The number of halogens is 3. The molecule has 23 heavy (non-hydrogen) atoms. The van der Waals surface area contributed by atoms with E-state index in [-0.39, 0.29) is 19.7 Å². The van der Waals surface area contributed by atoms with Gasteiger partial charge in [-0.25, -0.2) is 4.79 Å². The van der Waals surface area contributed by atoms with Crippen LogP contribution in [0, 0.1) is 0 Å². The lowest BCUT2D eigenvalue weighted by Gasteiger charge is -2.39. The van der Waals surface area contributed by atoms with Crippen molar-refractivity contribution in [1.29, 1.82) is 0 Å². The molecule has 0 spiro atoms. The Bertz CT molecular complexity index is 573. The van der Waals surface area contributed by atoms with Gasteiger partial charge in [-0.3, -0.25) is 0 Å². The second-order valence-electron chi connectivity index (χ2n) is 5.75. The van der Waals surface area contributed by atoms with E-state index >= 15 is 0 Å². The maximum atomic E-state index is 12.8. The molecule has 2 fully saturated rings. The Kier molecular flexibility index (Phi) is 4.17. The molecule has 1 aliphatic heterocycles. The number of carbonyl (C=O) groups is 1. The number of aromatic nitrogens is 2. The number of rotatable bonds is 3. The Morgan fingerprint density at radius 1 is 1.43 bits per heavy atom. The Balaban J connectivity index is 1.56. The molecule has 1 aromatic heterocycles. The Hall–Kier alpha value is -1.84. The van der Waals surface area contributed by atoms with Gasteiger partial charge in [-0.05, 0) is 19.8 Å². The predicted octanol–water partition coefficient (Wildman–Crippen LogP) is 1.81. The number of hydrogen-bond donors (Lipinski definition) is 1. The average Bonchev–Trinajstić information content (AvgIpc) is 3.23. The summed E-state index contributed by atoms with van der Waals surface area (Å²) in [6, 6.07) is -1.70. The van der Waals surface area contributed by atoms with Crippen molar-refractivity contribution in [1.82, 2.24) is 20.4 Å². The molecule has 1 aromatic rings. The van der Waals surface area contributed by atoms with Crippen LogP contribution in [0.4, 0.5) is 18.0 Å². The fourth-order valence-corrected chi connectivity index (χ4v) is 2.53. The van der Waals surface area contributed by atoms with Crippen molar-refractivity contribution in [3.63, 3.8) is 0 Å². The largest absolute Gasteiger partial charge is 0.416 e. The van der Waals surface area contributed by atoms with Crippen LogP contribution in [0.3, 0.4) is 0 Å². The fourth-order valence-electron chi connectivity index (χ4n) is 2.53. The van der Waals surface area contributed by atoms with Gasteiger partial charge in [0.1, 0.15) is 0 Å². The molecule has 2 heterocycles. The quantitative estimate of drug-likeness (QED) is 0.912. The first-order valence-corrected chi connectivity index (χ1v) is 7.41. The van der Waals surface area contributed by atoms with Crippen molar-refractivity contribution in [2.75, 3.05) is 13.2 Å². The normalized spacial score (nSPS) is 25.5. The van der Waals surface area contributed by atoms with E-state index < -0.39 is 24.4 Å². The van der Waals surface area contributed by atoms with Crippen LogP contribution in [-0.4, -0.2) is 52.5 Å². The molecule has 0 bridgehead atoms. The molecule has 0 radical (unpaired) electrons. The molecule has 2 aliphatic rings. The van der Waals surface area contributed by atoms with E-state index in [0.717, 1.165) is 17.7 Å². The van der Waals surface area contributed by atoms with Crippen molar-refractivity contribution in [2.45, 2.75) is 50.6 Å². The second kappa shape index (κ2) is 5.99. The van der Waals surface area contributed by atoms with Gasteiger partial charge >= 0.3 is 12.2 Å². The first-order chi connectivity index (χ1) is 10.9. The fraction of sp³-hybridized carbons (Fsp3) is 0.769. The highest BCUT2D eigenvalue weighted by Gasteiger charge is 2.49. The third-order valence-corrected chi connectivity index (χ3v) is 3.95. The molecule has 3 rings (SSSR count). The molecule has 10 heteroatoms. The number of hydrogen-bond acceptors (Lipinski definition) is 5. The summed E-state index contributed by atoms with van der Waals surface area (Å²) in [7, 11) is 0. The van der Waals surface area contributed by atoms with Gasteiger partial charge in [0.05, 0.1) is 19.2 Å². The zero-order chi connectivity index (χ0) is 16.6. The van der Waals surface area contributed by atoms with Crippen LogP contribution in [0.5, 0.6) is 0 Å². The molecule has 128 valence electrons. The van der Waals surface area contributed by atoms with Crippen molar-refractivity contribution >= 4 is 6.03 Å². The lowest BCUT2D eigenvalue weighted by atomic mass is 10.1. The number of ether oxygens (including phenoxy) is 1. The smallest absolute Gasteiger partial charge is 0.365 e. The Labute approximate surface area is 130 Å². The monoisotopic (exact) mass is 334 g/mol. The predicted molar refractivity (Wildman–Crippen MR) is 70.5 cm³/mol. The zero-order valence-electron chi connectivity index (χ0n) is 12.5. The minimum Gasteiger partial charge on any atom is -0.365 e. The highest BCUT2D eigenvalue weighted by atomic mass is 19.4. The van der Waals surface area contributed by atoms with Gasteiger partial charge in [-0.1, -0.05) is 5.16 Å². The van der Waals surface area contributed by atoms with Crippen LogP contribution in [-0.2, 0) is 11.3 Å². The number of morpholine rings is 1. The molecule has 2 amide bonds. The van der Waals surface area contributed by atoms with Crippen LogP contribution < -0.4 is 5.32 Å². The number of nitrogens with zero attached hydrogens (tertiary/aromatic N) is 3. The molecular weight excluding hydrogens is 317 g/mol. The summed E-state index contributed by atoms with van der Waals surface area (Å²) < 4.78 is 48.3. The molecule has 2 unspecified atom stereocenters. The summed E-state index contributed by atoms with van der Waals surface area (Å²) in [5.41, 5.74) is 0. The molecule has 7 nitrogen and oxygen atoms in total. The summed E-state index contributed by atoms with van der Waals surface area (Å²) in [4.78, 5) is 17.4. The minimum atomic E-state index is -4.51. The SMILES string of the molecule is CC1C(C(F)(F)F)OCCN1C(=O)NCc1noc(C2CC2)n1. The highest BCUT2D eigenvalue weighted by molar-refractivity contribution is 5.74. The summed E-state index contributed by atoms with van der Waals surface area (Å²) in [5.74, 6) is 1.17. The standard InChI is InChI=1S/C13H17F3N4O3/c1-7-10(13(14,15)16)22-5-4-20(7)12(21)17-6-9-18-11(23-19-9)8-2-3-8/h7-8,10H,2-6H2,1H3,(H,17,21). The number of carbonyl (C=O) groups excluding carboxylic acids is 1.